The number of guanidine groups is 1. The molecule has 0 radical (unpaired) electrons. The number of hydrogen-bond acceptors (Lipinski definition) is 13. The zero-order valence-corrected chi connectivity index (χ0v) is 34.0. The molecule has 25 nitrogen and oxygen atoms in total. The molecule has 0 aromatic heterocycles. The maximum atomic E-state index is 13.6. The number of nitrogens with one attached hydrogen (secondary N) is 6. The normalized spacial score (nSPS) is 16.5. The highest BCUT2D eigenvalue weighted by Gasteiger charge is 2.39. The third kappa shape index (κ3) is 18.2. The number of hydrogen-bond donors (Lipinski definition) is 13. The van der Waals surface area contributed by atoms with E-state index >= 15 is 0 Å². The predicted octanol–water partition coefficient (Wildman–Crippen LogP) is -5.37. The molecule has 1 saturated heterocycles. The van der Waals surface area contributed by atoms with Gasteiger partial charge in [0.25, 0.3) is 0 Å². The molecule has 1 fully saturated rings. The van der Waals surface area contributed by atoms with E-state index in [0.717, 1.165) is 4.90 Å². The Morgan fingerprint density at radius 2 is 1.28 bits per heavy atom. The summed E-state index contributed by atoms with van der Waals surface area (Å²) in [5, 5.41) is 51.7. The number of amides is 7. The topological polar surface area (TPSA) is 417 Å². The highest BCUT2D eigenvalue weighted by atomic mass is 16.4. The van der Waals surface area contributed by atoms with Crippen LogP contribution in [0.2, 0.25) is 0 Å². The molecule has 0 aliphatic carbocycles. The van der Waals surface area contributed by atoms with E-state index in [-0.39, 0.29) is 50.7 Å². The Bertz CT molecular complexity index is 1600. The van der Waals surface area contributed by atoms with Crippen molar-refractivity contribution in [2.75, 3.05) is 26.2 Å². The van der Waals surface area contributed by atoms with Crippen molar-refractivity contribution in [1.82, 2.24) is 36.8 Å². The predicted molar refractivity (Wildman–Crippen MR) is 209 cm³/mol. The Labute approximate surface area is 345 Å². The lowest BCUT2D eigenvalue weighted by molar-refractivity contribution is -0.150. The first-order valence-electron chi connectivity index (χ1n) is 19.2. The van der Waals surface area contributed by atoms with Gasteiger partial charge in [0.15, 0.2) is 5.96 Å². The van der Waals surface area contributed by atoms with Crippen LogP contribution in [0.4, 0.5) is 0 Å². The van der Waals surface area contributed by atoms with Crippen molar-refractivity contribution in [2.24, 2.45) is 34.0 Å². The van der Waals surface area contributed by atoms with Gasteiger partial charge in [0.1, 0.15) is 36.3 Å². The van der Waals surface area contributed by atoms with E-state index in [1.807, 2.05) is 13.8 Å². The number of carbonyl (C=O) groups excluding carboxylic acids is 7. The van der Waals surface area contributed by atoms with E-state index < -0.39 is 133 Å². The second-order valence-electron chi connectivity index (χ2n) is 14.8. The Balaban J connectivity index is 3.15. The Hall–Kier alpha value is -6.11. The largest absolute Gasteiger partial charge is 0.481 e. The monoisotopic (exact) mass is 857 g/mol. The van der Waals surface area contributed by atoms with Gasteiger partial charge in [-0.3, -0.25) is 48.1 Å². The number of rotatable bonds is 26. The summed E-state index contributed by atoms with van der Waals surface area (Å²) < 4.78 is 0. The van der Waals surface area contributed by atoms with Crippen LogP contribution in [0.5, 0.6) is 0 Å². The Morgan fingerprint density at radius 1 is 0.733 bits per heavy atom. The van der Waals surface area contributed by atoms with E-state index in [9.17, 15) is 68.4 Å². The van der Waals surface area contributed by atoms with Crippen LogP contribution in [0, 0.1) is 11.8 Å². The molecule has 0 aromatic rings. The summed E-state index contributed by atoms with van der Waals surface area (Å²) in [5.41, 5.74) is 16.6. The van der Waals surface area contributed by atoms with Crippen LogP contribution < -0.4 is 49.1 Å². The van der Waals surface area contributed by atoms with Gasteiger partial charge in [-0.2, -0.15) is 0 Å². The SMILES string of the molecule is CC(C)C[C@H](N)C(=O)N[C@@H](CC(=O)O)C(=O)N[C@H](C(=O)N[C@@H](CCCN=C(N)N)C(=O)NCC(=O)N[C@@H](CC(=O)O)C(=O)N[C@@H](CO)C(=O)N1CCC[C@H]1C(=O)O)C(C)C. The number of carboxylic acid groups (broad SMARTS) is 3. The van der Waals surface area contributed by atoms with Gasteiger partial charge in [0.05, 0.1) is 32.0 Å². The van der Waals surface area contributed by atoms with Gasteiger partial charge in [-0.05, 0) is 43.9 Å². The minimum absolute atomic E-state index is 0.000365. The second kappa shape index (κ2) is 25.4. The maximum absolute atomic E-state index is 13.6. The molecular formula is C35H59N11O14. The molecular weight excluding hydrogens is 798 g/mol. The summed E-state index contributed by atoms with van der Waals surface area (Å²) in [7, 11) is 0. The van der Waals surface area contributed by atoms with Gasteiger partial charge in [-0.15, -0.1) is 0 Å². The molecule has 0 saturated carbocycles. The second-order valence-corrected chi connectivity index (χ2v) is 14.8. The van der Waals surface area contributed by atoms with Crippen LogP contribution in [0.1, 0.15) is 72.6 Å². The van der Waals surface area contributed by atoms with Crippen molar-refractivity contribution in [3.05, 3.63) is 0 Å². The summed E-state index contributed by atoms with van der Waals surface area (Å²) in [6.45, 7) is 4.85. The van der Waals surface area contributed by atoms with Gasteiger partial charge < -0.3 is 74.4 Å². The van der Waals surface area contributed by atoms with Crippen molar-refractivity contribution in [2.45, 2.75) is 115 Å². The fourth-order valence-corrected chi connectivity index (χ4v) is 5.97. The summed E-state index contributed by atoms with van der Waals surface area (Å²) in [6.07, 6.45) is -1.18. The van der Waals surface area contributed by atoms with E-state index in [4.69, 9.17) is 17.2 Å². The van der Waals surface area contributed by atoms with E-state index in [1.54, 1.807) is 0 Å². The molecule has 0 bridgehead atoms. The number of aliphatic imine (C=N–C) groups is 1. The zero-order valence-electron chi connectivity index (χ0n) is 34.0. The van der Waals surface area contributed by atoms with Gasteiger partial charge in [0, 0.05) is 13.1 Å². The molecule has 0 unspecified atom stereocenters. The third-order valence-electron chi connectivity index (χ3n) is 8.97. The average Bonchev–Trinajstić information content (AvgIpc) is 3.65. The van der Waals surface area contributed by atoms with Gasteiger partial charge in [-0.25, -0.2) is 4.79 Å². The summed E-state index contributed by atoms with van der Waals surface area (Å²) in [6, 6.07) is -10.2. The van der Waals surface area contributed by atoms with Crippen LogP contribution in [0.3, 0.4) is 0 Å². The van der Waals surface area contributed by atoms with Crippen LogP contribution in [0.15, 0.2) is 4.99 Å². The molecule has 16 N–H and O–H groups in total. The lowest BCUT2D eigenvalue weighted by atomic mass is 10.0. The number of carbonyl (C=O) groups is 10. The number of likely N-dealkylation sites (tertiary alicyclic amines) is 1. The van der Waals surface area contributed by atoms with Crippen molar-refractivity contribution in [3.8, 4) is 0 Å². The lowest BCUT2D eigenvalue weighted by Crippen LogP contribution is -2.60. The highest BCUT2D eigenvalue weighted by Crippen LogP contribution is 2.18. The number of aliphatic hydroxyl groups is 1. The molecule has 1 aliphatic rings. The molecule has 7 amide bonds. The summed E-state index contributed by atoms with van der Waals surface area (Å²) in [4.78, 5) is 131. The maximum Gasteiger partial charge on any atom is 0.326 e. The van der Waals surface area contributed by atoms with Gasteiger partial charge in [0.2, 0.25) is 41.4 Å². The highest BCUT2D eigenvalue weighted by molar-refractivity contribution is 5.98. The number of nitrogens with two attached hydrogens (primary N) is 3. The summed E-state index contributed by atoms with van der Waals surface area (Å²) >= 11 is 0. The first kappa shape index (κ1) is 51.9. The molecule has 25 heteroatoms. The minimum atomic E-state index is -1.84. The number of nitrogens with zero attached hydrogens (tertiary/aromatic N) is 2. The molecule has 1 rings (SSSR count). The average molecular weight is 858 g/mol. The molecule has 7 atom stereocenters. The molecule has 0 spiro atoms. The molecule has 338 valence electrons. The van der Waals surface area contributed by atoms with Crippen molar-refractivity contribution in [3.63, 3.8) is 0 Å². The summed E-state index contributed by atoms with van der Waals surface area (Å²) in [5.74, 6) is -12.2. The van der Waals surface area contributed by atoms with E-state index in [0.29, 0.717) is 6.42 Å². The van der Waals surface area contributed by atoms with Crippen LogP contribution in [0.25, 0.3) is 0 Å². The smallest absolute Gasteiger partial charge is 0.326 e. The lowest BCUT2D eigenvalue weighted by Gasteiger charge is -2.28. The minimum Gasteiger partial charge on any atom is -0.481 e. The quantitative estimate of drug-likeness (QED) is 0.0219. The standard InChI is InChI=1S/C35H59N11O14/c1-16(2)11-18(36)28(53)43-21(13-26(51)52)31(56)45-27(17(3)4)32(57)42-19(7-5-9-39-35(37)38)29(54)40-14-24(48)41-20(12-25(49)50)30(55)44-22(15-47)33(58)46-10-6-8-23(46)34(59)60/h16-23,27,47H,5-15,36H2,1-4H3,(H,40,54)(H,41,48)(H,42,57)(H,43,53)(H,44,55)(H,45,56)(H,49,50)(H,51,52)(H,59,60)(H4,37,38,39)/t18-,19-,20-,21-,22-,23-,27-/m0/s1. The molecule has 1 heterocycles. The third-order valence-corrected chi connectivity index (χ3v) is 8.97. The van der Waals surface area contributed by atoms with E-state index in [2.05, 4.69) is 36.9 Å². The van der Waals surface area contributed by atoms with Crippen molar-refractivity contribution < 1.29 is 68.4 Å². The number of aliphatic carboxylic acids is 3. The first-order valence-corrected chi connectivity index (χ1v) is 19.2. The van der Waals surface area contributed by atoms with Gasteiger partial charge in [-0.1, -0.05) is 27.7 Å². The number of aliphatic hydroxyl groups excluding tert-OH is 1. The first-order chi connectivity index (χ1) is 28.0. The van der Waals surface area contributed by atoms with Crippen LogP contribution >= 0.6 is 0 Å². The Morgan fingerprint density at radius 3 is 1.80 bits per heavy atom. The fraction of sp³-hybridized carbons (Fsp3) is 0.686. The molecule has 0 aromatic carbocycles. The fourth-order valence-electron chi connectivity index (χ4n) is 5.97. The Kier molecular flexibility index (Phi) is 22.0. The van der Waals surface area contributed by atoms with Crippen LogP contribution in [-0.2, 0) is 47.9 Å². The van der Waals surface area contributed by atoms with Crippen molar-refractivity contribution >= 4 is 65.2 Å². The van der Waals surface area contributed by atoms with Crippen LogP contribution in [-0.4, -0.2) is 159 Å². The van der Waals surface area contributed by atoms with E-state index in [1.165, 1.54) is 13.8 Å². The molecule has 60 heavy (non-hydrogen) atoms. The number of carboxylic acids is 3. The zero-order chi connectivity index (χ0) is 45.9. The van der Waals surface area contributed by atoms with Crippen molar-refractivity contribution in [1.29, 1.82) is 0 Å². The van der Waals surface area contributed by atoms with Gasteiger partial charge >= 0.3 is 17.9 Å². The molecule has 1 aliphatic heterocycles.